The smallest absolute Gasteiger partial charge is 0.273 e. The summed E-state index contributed by atoms with van der Waals surface area (Å²) in [5, 5.41) is 2.74. The van der Waals surface area contributed by atoms with Crippen LogP contribution in [0.1, 0.15) is 26.3 Å². The highest BCUT2D eigenvalue weighted by atomic mass is 79.9. The average Bonchev–Trinajstić information content (AvgIpc) is 2.88. The lowest BCUT2D eigenvalue weighted by Crippen LogP contribution is -2.29. The number of amides is 2. The summed E-state index contributed by atoms with van der Waals surface area (Å²) in [6.45, 7) is 1.90. The van der Waals surface area contributed by atoms with Crippen molar-refractivity contribution in [3.05, 3.63) is 87.9 Å². The van der Waals surface area contributed by atoms with E-state index in [2.05, 4.69) is 21.2 Å². The van der Waals surface area contributed by atoms with Crippen LogP contribution in [0.4, 0.5) is 11.4 Å². The number of hydrogen-bond acceptors (Lipinski definition) is 4. The zero-order valence-corrected chi connectivity index (χ0v) is 17.6. The summed E-state index contributed by atoms with van der Waals surface area (Å²) in [6, 6.07) is 17.7. The van der Waals surface area contributed by atoms with Crippen LogP contribution < -0.4 is 9.62 Å². The number of halogens is 1. The average molecular weight is 471 g/mol. The van der Waals surface area contributed by atoms with Crippen molar-refractivity contribution in [2.75, 3.05) is 9.62 Å². The molecule has 0 radical (unpaired) electrons. The predicted molar refractivity (Wildman–Crippen MR) is 114 cm³/mol. The molecule has 0 spiro atoms. The second-order valence-electron chi connectivity index (χ2n) is 6.59. The van der Waals surface area contributed by atoms with Crippen molar-refractivity contribution in [2.45, 2.75) is 11.8 Å². The molecule has 0 bridgehead atoms. The number of nitrogens with one attached hydrogen (secondary N) is 1. The Kier molecular flexibility index (Phi) is 4.76. The lowest BCUT2D eigenvalue weighted by atomic mass is 10.1. The first-order valence-electron chi connectivity index (χ1n) is 8.65. The van der Waals surface area contributed by atoms with E-state index in [0.29, 0.717) is 5.69 Å². The molecule has 2 amide bonds. The summed E-state index contributed by atoms with van der Waals surface area (Å²) < 4.78 is 27.6. The Balaban J connectivity index is 1.70. The standard InChI is InChI=1S/C21H15BrN2O4S/c1-13-3-2-4-16(11-13)23-20(25)14-5-10-18-19(12-14)29(27,28)24(21(18)26)17-8-6-15(22)7-9-17/h2-12H,1H3,(H,23,25). The third kappa shape index (κ3) is 3.45. The number of fused-ring (bicyclic) bond motifs is 1. The van der Waals surface area contributed by atoms with Gasteiger partial charge in [0.15, 0.2) is 0 Å². The summed E-state index contributed by atoms with van der Waals surface area (Å²) in [7, 11) is -4.11. The van der Waals surface area contributed by atoms with Gasteiger partial charge in [0.1, 0.15) is 4.90 Å². The number of hydrogen-bond donors (Lipinski definition) is 1. The van der Waals surface area contributed by atoms with Gasteiger partial charge in [-0.2, -0.15) is 4.31 Å². The first-order valence-corrected chi connectivity index (χ1v) is 10.9. The number of sulfonamides is 1. The first-order chi connectivity index (χ1) is 13.8. The van der Waals surface area contributed by atoms with E-state index in [1.54, 1.807) is 24.3 Å². The van der Waals surface area contributed by atoms with Crippen LogP contribution in [0, 0.1) is 6.92 Å². The Morgan fingerprint density at radius 1 is 1.00 bits per heavy atom. The second-order valence-corrected chi connectivity index (χ2v) is 9.26. The van der Waals surface area contributed by atoms with Crippen molar-refractivity contribution < 1.29 is 18.0 Å². The Morgan fingerprint density at radius 3 is 2.41 bits per heavy atom. The lowest BCUT2D eigenvalue weighted by Gasteiger charge is -2.15. The van der Waals surface area contributed by atoms with Gasteiger partial charge >= 0.3 is 0 Å². The van der Waals surface area contributed by atoms with E-state index >= 15 is 0 Å². The molecule has 0 saturated carbocycles. The summed E-state index contributed by atoms with van der Waals surface area (Å²) >= 11 is 3.29. The number of carbonyl (C=O) groups excluding carboxylic acids is 2. The van der Waals surface area contributed by atoms with Gasteiger partial charge in [-0.3, -0.25) is 9.59 Å². The fourth-order valence-corrected chi connectivity index (χ4v) is 5.02. The molecule has 1 N–H and O–H groups in total. The van der Waals surface area contributed by atoms with Crippen molar-refractivity contribution in [3.63, 3.8) is 0 Å². The highest BCUT2D eigenvalue weighted by Gasteiger charge is 2.42. The van der Waals surface area contributed by atoms with E-state index in [4.69, 9.17) is 0 Å². The van der Waals surface area contributed by atoms with E-state index < -0.39 is 21.8 Å². The molecule has 1 heterocycles. The minimum Gasteiger partial charge on any atom is -0.322 e. The van der Waals surface area contributed by atoms with Gasteiger partial charge in [-0.15, -0.1) is 0 Å². The van der Waals surface area contributed by atoms with Crippen LogP contribution in [0.2, 0.25) is 0 Å². The molecule has 3 aromatic carbocycles. The van der Waals surface area contributed by atoms with E-state index in [0.717, 1.165) is 14.3 Å². The van der Waals surface area contributed by atoms with Gasteiger partial charge in [-0.05, 0) is 67.1 Å². The highest BCUT2D eigenvalue weighted by Crippen LogP contribution is 2.35. The molecular weight excluding hydrogens is 456 g/mol. The Morgan fingerprint density at radius 2 is 1.72 bits per heavy atom. The van der Waals surface area contributed by atoms with Crippen LogP contribution in [-0.2, 0) is 10.0 Å². The van der Waals surface area contributed by atoms with E-state index in [-0.39, 0.29) is 21.7 Å². The van der Waals surface area contributed by atoms with Crippen LogP contribution in [0.3, 0.4) is 0 Å². The summed E-state index contributed by atoms with van der Waals surface area (Å²) in [5.41, 5.74) is 2.01. The van der Waals surface area contributed by atoms with Crippen molar-refractivity contribution >= 4 is 49.1 Å². The molecule has 4 rings (SSSR count). The normalized spacial score (nSPS) is 14.6. The van der Waals surface area contributed by atoms with Gasteiger partial charge in [0.25, 0.3) is 21.8 Å². The molecule has 146 valence electrons. The quantitative estimate of drug-likeness (QED) is 0.616. The fourth-order valence-electron chi connectivity index (χ4n) is 3.13. The van der Waals surface area contributed by atoms with Crippen molar-refractivity contribution in [2.24, 2.45) is 0 Å². The summed E-state index contributed by atoms with van der Waals surface area (Å²) in [5.74, 6) is -1.10. The van der Waals surface area contributed by atoms with Gasteiger partial charge in [0.2, 0.25) is 0 Å². The van der Waals surface area contributed by atoms with E-state index in [1.807, 2.05) is 19.1 Å². The third-order valence-corrected chi connectivity index (χ3v) is 6.79. The number of benzene rings is 3. The molecule has 8 heteroatoms. The van der Waals surface area contributed by atoms with Crippen LogP contribution in [-0.4, -0.2) is 20.2 Å². The summed E-state index contributed by atoms with van der Waals surface area (Å²) in [4.78, 5) is 25.2. The maximum atomic E-state index is 13.0. The lowest BCUT2D eigenvalue weighted by molar-refractivity contribution is 0.100. The zero-order chi connectivity index (χ0) is 20.8. The molecule has 0 aliphatic carbocycles. The number of aryl methyl sites for hydroxylation is 1. The largest absolute Gasteiger partial charge is 0.322 e. The third-order valence-electron chi connectivity index (χ3n) is 4.51. The Hall–Kier alpha value is -2.97. The molecule has 1 aliphatic heterocycles. The minimum absolute atomic E-state index is 0.0417. The SMILES string of the molecule is Cc1cccc(NC(=O)c2ccc3c(c2)S(=O)(=O)N(c2ccc(Br)cc2)C3=O)c1. The molecule has 0 saturated heterocycles. The molecule has 0 unspecified atom stereocenters. The molecule has 0 atom stereocenters. The molecule has 6 nitrogen and oxygen atoms in total. The zero-order valence-electron chi connectivity index (χ0n) is 15.2. The number of nitrogens with zero attached hydrogens (tertiary/aromatic N) is 1. The van der Waals surface area contributed by atoms with Gasteiger partial charge in [-0.1, -0.05) is 28.1 Å². The van der Waals surface area contributed by atoms with Crippen LogP contribution >= 0.6 is 15.9 Å². The minimum atomic E-state index is -4.11. The Bertz CT molecular complexity index is 1250. The first kappa shape index (κ1) is 19.4. The van der Waals surface area contributed by atoms with Gasteiger partial charge in [0.05, 0.1) is 11.3 Å². The number of carbonyl (C=O) groups is 2. The predicted octanol–water partition coefficient (Wildman–Crippen LogP) is 4.36. The van der Waals surface area contributed by atoms with E-state index in [9.17, 15) is 18.0 Å². The van der Waals surface area contributed by atoms with E-state index in [1.165, 1.54) is 30.3 Å². The molecule has 0 fully saturated rings. The number of anilines is 2. The fraction of sp³-hybridized carbons (Fsp3) is 0.0476. The van der Waals surface area contributed by atoms with Crippen LogP contribution in [0.5, 0.6) is 0 Å². The van der Waals surface area contributed by atoms with Gasteiger partial charge < -0.3 is 5.32 Å². The molecule has 0 aromatic heterocycles. The molecule has 3 aromatic rings. The van der Waals surface area contributed by atoms with Crippen LogP contribution in [0.25, 0.3) is 0 Å². The monoisotopic (exact) mass is 470 g/mol. The summed E-state index contributed by atoms with van der Waals surface area (Å²) in [6.07, 6.45) is 0. The molecule has 29 heavy (non-hydrogen) atoms. The molecular formula is C21H15BrN2O4S. The van der Waals surface area contributed by atoms with Crippen molar-refractivity contribution in [1.29, 1.82) is 0 Å². The maximum Gasteiger partial charge on any atom is 0.273 e. The van der Waals surface area contributed by atoms with Crippen LogP contribution in [0.15, 0.2) is 76.1 Å². The highest BCUT2D eigenvalue weighted by molar-refractivity contribution is 9.10. The van der Waals surface area contributed by atoms with Crippen molar-refractivity contribution in [3.8, 4) is 0 Å². The Labute approximate surface area is 176 Å². The van der Waals surface area contributed by atoms with Crippen molar-refractivity contribution in [1.82, 2.24) is 0 Å². The van der Waals surface area contributed by atoms with Gasteiger partial charge in [0, 0.05) is 15.7 Å². The number of rotatable bonds is 3. The topological polar surface area (TPSA) is 83.6 Å². The second kappa shape index (κ2) is 7.13. The van der Waals surface area contributed by atoms with Gasteiger partial charge in [-0.25, -0.2) is 8.42 Å². The molecule has 1 aliphatic rings. The maximum absolute atomic E-state index is 13.0.